The van der Waals surface area contributed by atoms with Crippen molar-refractivity contribution in [1.82, 2.24) is 24.9 Å². The summed E-state index contributed by atoms with van der Waals surface area (Å²) in [6, 6.07) is 6.44. The summed E-state index contributed by atoms with van der Waals surface area (Å²) in [5.41, 5.74) is 3.09. The predicted molar refractivity (Wildman–Crippen MR) is 84.9 cm³/mol. The second kappa shape index (κ2) is 5.61. The number of rotatable bonds is 3. The second-order valence-corrected chi connectivity index (χ2v) is 6.17. The molecular weight excluding hydrogens is 290 g/mol. The zero-order valence-electron chi connectivity index (χ0n) is 13.3. The molecule has 118 valence electrons. The number of aromatic nitrogens is 5. The van der Waals surface area contributed by atoms with Gasteiger partial charge in [0.2, 0.25) is 0 Å². The molecule has 0 saturated heterocycles. The van der Waals surface area contributed by atoms with Crippen molar-refractivity contribution < 1.29 is 4.52 Å². The molecule has 6 nitrogen and oxygen atoms in total. The van der Waals surface area contributed by atoms with E-state index < -0.39 is 0 Å². The molecule has 2 unspecified atom stereocenters. The number of hydrogen-bond acceptors (Lipinski definition) is 5. The first-order chi connectivity index (χ1) is 11.2. The average molecular weight is 309 g/mol. The summed E-state index contributed by atoms with van der Waals surface area (Å²) < 4.78 is 7.54. The SMILES string of the molecule is CC(c1cccnc1)c1noc(-c2cc3n(n2)C(C)CCC3)n1. The molecule has 0 amide bonds. The Morgan fingerprint density at radius 3 is 3.09 bits per heavy atom. The molecule has 3 aromatic rings. The summed E-state index contributed by atoms with van der Waals surface area (Å²) in [6.07, 6.45) is 7.03. The number of nitrogens with zero attached hydrogens (tertiary/aromatic N) is 5. The van der Waals surface area contributed by atoms with E-state index in [0.717, 1.165) is 17.7 Å². The van der Waals surface area contributed by atoms with Gasteiger partial charge in [0, 0.05) is 30.0 Å². The number of aryl methyl sites for hydroxylation is 1. The van der Waals surface area contributed by atoms with E-state index in [0.29, 0.717) is 17.8 Å². The smallest absolute Gasteiger partial charge is 0.278 e. The van der Waals surface area contributed by atoms with Crippen molar-refractivity contribution in [3.63, 3.8) is 0 Å². The molecule has 0 saturated carbocycles. The Labute approximate surface area is 134 Å². The fourth-order valence-electron chi connectivity index (χ4n) is 3.10. The lowest BCUT2D eigenvalue weighted by Crippen LogP contribution is -2.15. The molecule has 6 heteroatoms. The Hall–Kier alpha value is -2.50. The molecule has 1 aliphatic rings. The monoisotopic (exact) mass is 309 g/mol. The van der Waals surface area contributed by atoms with Crippen LogP contribution >= 0.6 is 0 Å². The molecule has 1 aliphatic heterocycles. The molecule has 23 heavy (non-hydrogen) atoms. The quantitative estimate of drug-likeness (QED) is 0.742. The third kappa shape index (κ3) is 2.54. The van der Waals surface area contributed by atoms with Crippen LogP contribution < -0.4 is 0 Å². The van der Waals surface area contributed by atoms with Crippen LogP contribution in [0.2, 0.25) is 0 Å². The van der Waals surface area contributed by atoms with Gasteiger partial charge in [0.15, 0.2) is 11.5 Å². The third-order valence-corrected chi connectivity index (χ3v) is 4.52. The molecule has 0 spiro atoms. The highest BCUT2D eigenvalue weighted by molar-refractivity contribution is 5.47. The van der Waals surface area contributed by atoms with Crippen molar-refractivity contribution in [3.8, 4) is 11.6 Å². The zero-order chi connectivity index (χ0) is 15.8. The van der Waals surface area contributed by atoms with Crippen molar-refractivity contribution in [2.24, 2.45) is 0 Å². The van der Waals surface area contributed by atoms with Crippen LogP contribution in [0.5, 0.6) is 0 Å². The highest BCUT2D eigenvalue weighted by atomic mass is 16.5. The lowest BCUT2D eigenvalue weighted by molar-refractivity contribution is 0.390. The molecule has 0 N–H and O–H groups in total. The molecule has 4 rings (SSSR count). The van der Waals surface area contributed by atoms with Crippen LogP contribution in [0.4, 0.5) is 0 Å². The van der Waals surface area contributed by atoms with Gasteiger partial charge >= 0.3 is 0 Å². The van der Waals surface area contributed by atoms with Gasteiger partial charge < -0.3 is 4.52 Å². The van der Waals surface area contributed by atoms with Crippen molar-refractivity contribution in [2.45, 2.75) is 45.1 Å². The van der Waals surface area contributed by atoms with E-state index in [-0.39, 0.29) is 5.92 Å². The van der Waals surface area contributed by atoms with E-state index in [4.69, 9.17) is 4.52 Å². The molecule has 0 fully saturated rings. The standard InChI is InChI=1S/C17H19N5O/c1-11-5-3-7-14-9-15(20-22(11)14)17-19-16(21-23-17)12(2)13-6-4-8-18-10-13/h4,6,8-12H,3,5,7H2,1-2H3. The van der Waals surface area contributed by atoms with Gasteiger partial charge in [0.1, 0.15) is 0 Å². The van der Waals surface area contributed by atoms with Gasteiger partial charge in [-0.05, 0) is 43.9 Å². The highest BCUT2D eigenvalue weighted by Crippen LogP contribution is 2.29. The highest BCUT2D eigenvalue weighted by Gasteiger charge is 2.22. The van der Waals surface area contributed by atoms with Gasteiger partial charge in [-0.3, -0.25) is 9.67 Å². The normalized spacial score (nSPS) is 18.6. The van der Waals surface area contributed by atoms with Crippen molar-refractivity contribution in [2.75, 3.05) is 0 Å². The van der Waals surface area contributed by atoms with E-state index in [9.17, 15) is 0 Å². The van der Waals surface area contributed by atoms with Crippen LogP contribution in [-0.2, 0) is 6.42 Å². The summed E-state index contributed by atoms with van der Waals surface area (Å²) in [5, 5.41) is 8.79. The molecule has 2 atom stereocenters. The van der Waals surface area contributed by atoms with E-state index >= 15 is 0 Å². The number of fused-ring (bicyclic) bond motifs is 1. The minimum absolute atomic E-state index is 0.0392. The first-order valence-electron chi connectivity index (χ1n) is 8.04. The van der Waals surface area contributed by atoms with Crippen LogP contribution in [0, 0.1) is 0 Å². The minimum Gasteiger partial charge on any atom is -0.332 e. The number of pyridine rings is 1. The van der Waals surface area contributed by atoms with Crippen molar-refractivity contribution >= 4 is 0 Å². The van der Waals surface area contributed by atoms with Gasteiger partial charge in [-0.25, -0.2) is 0 Å². The fourth-order valence-corrected chi connectivity index (χ4v) is 3.10. The van der Waals surface area contributed by atoms with Crippen LogP contribution in [0.3, 0.4) is 0 Å². The zero-order valence-corrected chi connectivity index (χ0v) is 13.3. The van der Waals surface area contributed by atoms with E-state index in [1.165, 1.54) is 18.5 Å². The summed E-state index contributed by atoms with van der Waals surface area (Å²) in [5.74, 6) is 1.19. The molecular formula is C17H19N5O. The van der Waals surface area contributed by atoms with Crippen LogP contribution in [-0.4, -0.2) is 24.9 Å². The number of hydrogen-bond donors (Lipinski definition) is 0. The van der Waals surface area contributed by atoms with Crippen molar-refractivity contribution in [3.05, 3.63) is 47.7 Å². The molecule has 0 aliphatic carbocycles. The van der Waals surface area contributed by atoms with Gasteiger partial charge in [0.25, 0.3) is 5.89 Å². The maximum Gasteiger partial charge on any atom is 0.278 e. The van der Waals surface area contributed by atoms with E-state index in [2.05, 4.69) is 37.9 Å². The third-order valence-electron chi connectivity index (χ3n) is 4.52. The lowest BCUT2D eigenvalue weighted by atomic mass is 10.0. The van der Waals surface area contributed by atoms with Gasteiger partial charge in [-0.2, -0.15) is 10.1 Å². The Bertz CT molecular complexity index is 808. The largest absolute Gasteiger partial charge is 0.332 e. The Morgan fingerprint density at radius 2 is 2.30 bits per heavy atom. The fraction of sp³-hybridized carbons (Fsp3) is 0.412. The average Bonchev–Trinajstić information content (AvgIpc) is 3.22. The predicted octanol–water partition coefficient (Wildman–Crippen LogP) is 3.38. The maximum atomic E-state index is 5.45. The molecule has 0 radical (unpaired) electrons. The maximum absolute atomic E-state index is 5.45. The van der Waals surface area contributed by atoms with E-state index in [1.807, 2.05) is 25.3 Å². The van der Waals surface area contributed by atoms with Gasteiger partial charge in [0.05, 0.1) is 0 Å². The minimum atomic E-state index is 0.0392. The topological polar surface area (TPSA) is 69.6 Å². The molecule has 3 aromatic heterocycles. The summed E-state index contributed by atoms with van der Waals surface area (Å²) in [6.45, 7) is 4.25. The summed E-state index contributed by atoms with van der Waals surface area (Å²) in [7, 11) is 0. The van der Waals surface area contributed by atoms with Crippen LogP contribution in [0.15, 0.2) is 35.1 Å². The first-order valence-corrected chi connectivity index (χ1v) is 8.04. The summed E-state index contributed by atoms with van der Waals surface area (Å²) in [4.78, 5) is 8.69. The van der Waals surface area contributed by atoms with Crippen molar-refractivity contribution in [1.29, 1.82) is 0 Å². The summed E-state index contributed by atoms with van der Waals surface area (Å²) >= 11 is 0. The second-order valence-electron chi connectivity index (χ2n) is 6.17. The Balaban J connectivity index is 1.63. The molecule has 4 heterocycles. The van der Waals surface area contributed by atoms with Crippen LogP contribution in [0.25, 0.3) is 11.6 Å². The Kier molecular flexibility index (Phi) is 3.44. The molecule has 0 bridgehead atoms. The van der Waals surface area contributed by atoms with Gasteiger partial charge in [-0.1, -0.05) is 18.1 Å². The van der Waals surface area contributed by atoms with Crippen LogP contribution in [0.1, 0.15) is 55.7 Å². The Morgan fingerprint density at radius 1 is 1.39 bits per heavy atom. The first kappa shape index (κ1) is 14.1. The van der Waals surface area contributed by atoms with E-state index in [1.54, 1.807) is 6.20 Å². The molecule has 0 aromatic carbocycles. The lowest BCUT2D eigenvalue weighted by Gasteiger charge is -2.20. The van der Waals surface area contributed by atoms with Gasteiger partial charge in [-0.15, -0.1) is 0 Å².